The molecule has 3 aromatic carbocycles. The van der Waals surface area contributed by atoms with Crippen molar-refractivity contribution in [3.05, 3.63) is 71.3 Å². The number of aliphatic hydroxyl groups excluding tert-OH is 1. The standard InChI is InChI=1S/C34H34N2O8S/c1-5-41-22-8-9-23-28(18-22)45-34(35-23)36-30(20-6-10-24(26(16-20)40-4)42-13-12-19(2)3)29(32(38)33(36)39)31(37)21-7-11-25-27(17-21)44-15-14-43-25/h6-11,16-19,30,37H,5,12-15H2,1-4H3/t30-/m1/s1. The maximum atomic E-state index is 13.8. The second kappa shape index (κ2) is 12.7. The molecule has 0 unspecified atom stereocenters. The number of hydrogen-bond donors (Lipinski definition) is 1. The van der Waals surface area contributed by atoms with Gasteiger partial charge in [0, 0.05) is 5.56 Å². The number of rotatable bonds is 10. The molecule has 4 aromatic rings. The molecule has 1 fully saturated rings. The van der Waals surface area contributed by atoms with E-state index in [-0.39, 0.29) is 11.3 Å². The van der Waals surface area contributed by atoms with Gasteiger partial charge in [0.05, 0.1) is 42.2 Å². The number of ketones is 1. The molecule has 1 amide bonds. The number of amides is 1. The molecular weight excluding hydrogens is 596 g/mol. The predicted molar refractivity (Wildman–Crippen MR) is 171 cm³/mol. The first-order chi connectivity index (χ1) is 21.8. The Labute approximate surface area is 264 Å². The third-order valence-corrected chi connectivity index (χ3v) is 8.60. The van der Waals surface area contributed by atoms with Gasteiger partial charge in [0.25, 0.3) is 5.78 Å². The molecule has 0 aliphatic carbocycles. The Bertz CT molecular complexity index is 1800. The van der Waals surface area contributed by atoms with E-state index in [1.165, 1.54) is 23.3 Å². The smallest absolute Gasteiger partial charge is 0.301 e. The van der Waals surface area contributed by atoms with E-state index in [4.69, 9.17) is 28.7 Å². The third-order valence-electron chi connectivity index (χ3n) is 7.58. The molecule has 2 aliphatic heterocycles. The van der Waals surface area contributed by atoms with Crippen LogP contribution in [0.25, 0.3) is 16.0 Å². The Kier molecular flexibility index (Phi) is 8.53. The van der Waals surface area contributed by atoms with Gasteiger partial charge in [0.2, 0.25) is 0 Å². The molecule has 2 aliphatic rings. The lowest BCUT2D eigenvalue weighted by atomic mass is 9.95. The van der Waals surface area contributed by atoms with Crippen LogP contribution >= 0.6 is 11.3 Å². The number of carbonyl (C=O) groups is 2. The topological polar surface area (TPSA) is 117 Å². The molecule has 0 spiro atoms. The van der Waals surface area contributed by atoms with Crippen molar-refractivity contribution in [2.45, 2.75) is 33.2 Å². The van der Waals surface area contributed by atoms with Gasteiger partial charge in [0.15, 0.2) is 28.1 Å². The summed E-state index contributed by atoms with van der Waals surface area (Å²) in [4.78, 5) is 33.7. The summed E-state index contributed by atoms with van der Waals surface area (Å²) in [6, 6.07) is 14.6. The number of aromatic nitrogens is 1. The van der Waals surface area contributed by atoms with Crippen molar-refractivity contribution in [2.75, 3.05) is 38.4 Å². The predicted octanol–water partition coefficient (Wildman–Crippen LogP) is 6.53. The molecule has 234 valence electrons. The summed E-state index contributed by atoms with van der Waals surface area (Å²) >= 11 is 1.26. The average Bonchev–Trinajstić information content (AvgIpc) is 3.57. The number of methoxy groups -OCH3 is 1. The van der Waals surface area contributed by atoms with Gasteiger partial charge in [0.1, 0.15) is 24.7 Å². The van der Waals surface area contributed by atoms with Crippen molar-refractivity contribution in [2.24, 2.45) is 5.92 Å². The summed E-state index contributed by atoms with van der Waals surface area (Å²) in [5, 5.41) is 12.0. The summed E-state index contributed by atoms with van der Waals surface area (Å²) in [5.41, 5.74) is 1.42. The van der Waals surface area contributed by atoms with Crippen LogP contribution in [0.3, 0.4) is 0 Å². The molecule has 3 heterocycles. The first-order valence-corrected chi connectivity index (χ1v) is 15.7. The number of carbonyl (C=O) groups excluding carboxylic acids is 2. The zero-order chi connectivity index (χ0) is 31.7. The number of aliphatic hydroxyl groups is 1. The van der Waals surface area contributed by atoms with E-state index in [1.54, 1.807) is 36.4 Å². The van der Waals surface area contributed by atoms with Crippen molar-refractivity contribution in [3.8, 4) is 28.7 Å². The molecule has 1 saturated heterocycles. The van der Waals surface area contributed by atoms with Crippen LogP contribution in [0.5, 0.6) is 28.7 Å². The van der Waals surface area contributed by atoms with E-state index in [0.717, 1.165) is 11.1 Å². The van der Waals surface area contributed by atoms with Crippen molar-refractivity contribution < 1.29 is 38.4 Å². The monoisotopic (exact) mass is 630 g/mol. The lowest BCUT2D eigenvalue weighted by molar-refractivity contribution is -0.132. The first kappa shape index (κ1) is 30.3. The van der Waals surface area contributed by atoms with Crippen LogP contribution in [0.2, 0.25) is 0 Å². The summed E-state index contributed by atoms with van der Waals surface area (Å²) < 4.78 is 29.4. The van der Waals surface area contributed by atoms with Gasteiger partial charge in [-0.2, -0.15) is 0 Å². The van der Waals surface area contributed by atoms with Crippen molar-refractivity contribution in [1.29, 1.82) is 0 Å². The van der Waals surface area contributed by atoms with Gasteiger partial charge in [-0.05, 0) is 73.4 Å². The zero-order valence-electron chi connectivity index (χ0n) is 25.5. The number of ether oxygens (including phenoxy) is 5. The van der Waals surface area contributed by atoms with Gasteiger partial charge in [-0.25, -0.2) is 4.98 Å². The van der Waals surface area contributed by atoms with Crippen LogP contribution in [0.15, 0.2) is 60.2 Å². The molecule has 1 atom stereocenters. The molecule has 10 nitrogen and oxygen atoms in total. The number of Topliss-reactive ketones (excluding diaryl/α,β-unsaturated/α-hetero) is 1. The molecule has 1 N–H and O–H groups in total. The van der Waals surface area contributed by atoms with E-state index in [0.29, 0.717) is 82.9 Å². The zero-order valence-corrected chi connectivity index (χ0v) is 26.3. The number of thiazole rings is 1. The Hall–Kier alpha value is -4.77. The number of nitrogens with zero attached hydrogens (tertiary/aromatic N) is 2. The fourth-order valence-corrected chi connectivity index (χ4v) is 6.34. The second-order valence-corrected chi connectivity index (χ2v) is 12.0. The van der Waals surface area contributed by atoms with E-state index in [9.17, 15) is 14.7 Å². The highest BCUT2D eigenvalue weighted by atomic mass is 32.1. The Balaban J connectivity index is 1.48. The van der Waals surface area contributed by atoms with E-state index in [2.05, 4.69) is 13.8 Å². The fourth-order valence-electron chi connectivity index (χ4n) is 5.32. The van der Waals surface area contributed by atoms with Gasteiger partial charge < -0.3 is 28.8 Å². The summed E-state index contributed by atoms with van der Waals surface area (Å²) in [6.45, 7) is 7.92. The second-order valence-electron chi connectivity index (χ2n) is 11.0. The van der Waals surface area contributed by atoms with Gasteiger partial charge in [-0.3, -0.25) is 14.5 Å². The molecule has 1 aromatic heterocycles. The Morgan fingerprint density at radius 3 is 2.58 bits per heavy atom. The average molecular weight is 631 g/mol. The minimum absolute atomic E-state index is 0.0820. The van der Waals surface area contributed by atoms with Gasteiger partial charge in [-0.1, -0.05) is 31.3 Å². The van der Waals surface area contributed by atoms with Crippen LogP contribution in [0.4, 0.5) is 5.13 Å². The molecule has 11 heteroatoms. The van der Waals surface area contributed by atoms with Crippen LogP contribution in [0, 0.1) is 5.92 Å². The normalized spacial score (nSPS) is 17.3. The number of fused-ring (bicyclic) bond motifs is 2. The SMILES string of the molecule is CCOc1ccc2nc(N3C(=O)C(=O)C(=C(O)c4ccc5c(c4)OCCO5)[C@H]3c3ccc(OCCC(C)C)c(OC)c3)sc2c1. The highest BCUT2D eigenvalue weighted by molar-refractivity contribution is 7.22. The van der Waals surface area contributed by atoms with Crippen molar-refractivity contribution >= 4 is 44.1 Å². The quantitative estimate of drug-likeness (QED) is 0.119. The highest BCUT2D eigenvalue weighted by Gasteiger charge is 2.48. The molecule has 0 radical (unpaired) electrons. The fraction of sp³-hybridized carbons (Fsp3) is 0.324. The maximum Gasteiger partial charge on any atom is 0.301 e. The summed E-state index contributed by atoms with van der Waals surface area (Å²) in [6.07, 6.45) is 0.864. The van der Waals surface area contributed by atoms with Crippen LogP contribution in [-0.2, 0) is 9.59 Å². The van der Waals surface area contributed by atoms with E-state index >= 15 is 0 Å². The van der Waals surface area contributed by atoms with Crippen molar-refractivity contribution in [3.63, 3.8) is 0 Å². The largest absolute Gasteiger partial charge is 0.507 e. The molecular formula is C34H34N2O8S. The molecule has 6 rings (SSSR count). The van der Waals surface area contributed by atoms with Crippen LogP contribution < -0.4 is 28.6 Å². The lowest BCUT2D eigenvalue weighted by Gasteiger charge is -2.24. The Morgan fingerprint density at radius 1 is 1.02 bits per heavy atom. The van der Waals surface area contributed by atoms with Crippen LogP contribution in [0.1, 0.15) is 44.4 Å². The van der Waals surface area contributed by atoms with Crippen molar-refractivity contribution in [1.82, 2.24) is 4.98 Å². The summed E-state index contributed by atoms with van der Waals surface area (Å²) in [5.74, 6) is 1.11. The number of anilines is 1. The Morgan fingerprint density at radius 2 is 1.82 bits per heavy atom. The lowest BCUT2D eigenvalue weighted by Crippen LogP contribution is -2.29. The van der Waals surface area contributed by atoms with E-state index < -0.39 is 17.7 Å². The van der Waals surface area contributed by atoms with Crippen LogP contribution in [-0.4, -0.2) is 55.3 Å². The van der Waals surface area contributed by atoms with E-state index in [1.807, 2.05) is 25.1 Å². The van der Waals surface area contributed by atoms with Gasteiger partial charge >= 0.3 is 5.91 Å². The minimum atomic E-state index is -1.01. The third kappa shape index (κ3) is 5.87. The molecule has 0 bridgehead atoms. The maximum absolute atomic E-state index is 13.8. The number of benzene rings is 3. The molecule has 45 heavy (non-hydrogen) atoms. The number of hydrogen-bond acceptors (Lipinski definition) is 10. The summed E-state index contributed by atoms with van der Waals surface area (Å²) in [7, 11) is 1.53. The first-order valence-electron chi connectivity index (χ1n) is 14.8. The highest BCUT2D eigenvalue weighted by Crippen LogP contribution is 2.46. The minimum Gasteiger partial charge on any atom is -0.507 e. The van der Waals surface area contributed by atoms with Gasteiger partial charge in [-0.15, -0.1) is 0 Å². The molecule has 0 saturated carbocycles.